The van der Waals surface area contributed by atoms with Crippen molar-refractivity contribution in [3.8, 4) is 5.75 Å². The van der Waals surface area contributed by atoms with E-state index >= 15 is 0 Å². The summed E-state index contributed by atoms with van der Waals surface area (Å²) in [6, 6.07) is 8.72. The van der Waals surface area contributed by atoms with Gasteiger partial charge in [-0.3, -0.25) is 0 Å². The summed E-state index contributed by atoms with van der Waals surface area (Å²) in [6.45, 7) is 1.36. The van der Waals surface area contributed by atoms with Crippen molar-refractivity contribution in [1.29, 1.82) is 0 Å². The second kappa shape index (κ2) is 4.90. The van der Waals surface area contributed by atoms with Crippen LogP contribution in [0.15, 0.2) is 28.7 Å². The number of fused-ring (bicyclic) bond motifs is 1. The van der Waals surface area contributed by atoms with E-state index in [9.17, 15) is 0 Å². The molecule has 1 unspecified atom stereocenters. The minimum atomic E-state index is 0.155. The number of para-hydroxylation sites is 1. The van der Waals surface area contributed by atoms with Crippen molar-refractivity contribution in [3.63, 3.8) is 0 Å². The van der Waals surface area contributed by atoms with Crippen LogP contribution < -0.4 is 10.1 Å². The molecule has 2 aromatic rings. The highest BCUT2D eigenvalue weighted by Crippen LogP contribution is 2.37. The van der Waals surface area contributed by atoms with E-state index in [1.54, 1.807) is 0 Å². The Balaban J connectivity index is 1.55. The van der Waals surface area contributed by atoms with E-state index in [2.05, 4.69) is 21.6 Å². The lowest BCUT2D eigenvalue weighted by Gasteiger charge is -2.23. The second-order valence-electron chi connectivity index (χ2n) is 5.42. The molecule has 1 atom stereocenters. The van der Waals surface area contributed by atoms with Crippen molar-refractivity contribution in [2.24, 2.45) is 0 Å². The van der Waals surface area contributed by atoms with Crippen LogP contribution in [0.2, 0.25) is 0 Å². The number of nitrogens with zero attached hydrogens (tertiary/aromatic N) is 2. The fourth-order valence-electron chi connectivity index (χ4n) is 2.60. The van der Waals surface area contributed by atoms with Crippen LogP contribution in [0.3, 0.4) is 0 Å². The monoisotopic (exact) mass is 271 g/mol. The molecule has 1 aromatic carbocycles. The highest BCUT2D eigenvalue weighted by Gasteiger charge is 2.27. The lowest BCUT2D eigenvalue weighted by Crippen LogP contribution is -2.16. The molecule has 0 amide bonds. The first-order valence-corrected chi connectivity index (χ1v) is 7.17. The molecule has 20 heavy (non-hydrogen) atoms. The molecule has 0 radical (unpaired) electrons. The van der Waals surface area contributed by atoms with Crippen LogP contribution in [0.4, 0.5) is 0 Å². The zero-order valence-corrected chi connectivity index (χ0v) is 11.2. The molecule has 1 fully saturated rings. The number of rotatable bonds is 4. The minimum absolute atomic E-state index is 0.155. The standard InChI is InChI=1S/C15H17N3O2/c1-2-4-13-11(3-1)12(7-8-19-13)15-18-17-14(20-15)9-16-10-5-6-10/h1-4,10,12,16H,5-9H2. The van der Waals surface area contributed by atoms with Gasteiger partial charge in [-0.2, -0.15) is 0 Å². The van der Waals surface area contributed by atoms with Crippen LogP contribution in [0.1, 0.15) is 42.5 Å². The van der Waals surface area contributed by atoms with Gasteiger partial charge in [0.1, 0.15) is 5.75 Å². The summed E-state index contributed by atoms with van der Waals surface area (Å²) in [5, 5.41) is 11.8. The average molecular weight is 271 g/mol. The Morgan fingerprint density at radius 1 is 1.15 bits per heavy atom. The van der Waals surface area contributed by atoms with Crippen LogP contribution >= 0.6 is 0 Å². The van der Waals surface area contributed by atoms with Gasteiger partial charge in [-0.15, -0.1) is 10.2 Å². The third-order valence-corrected chi connectivity index (χ3v) is 3.86. The van der Waals surface area contributed by atoms with Gasteiger partial charge in [-0.25, -0.2) is 0 Å². The van der Waals surface area contributed by atoms with Crippen molar-refractivity contribution >= 4 is 0 Å². The second-order valence-corrected chi connectivity index (χ2v) is 5.42. The molecule has 0 bridgehead atoms. The summed E-state index contributed by atoms with van der Waals surface area (Å²) in [7, 11) is 0. The smallest absolute Gasteiger partial charge is 0.230 e. The van der Waals surface area contributed by atoms with Crippen molar-refractivity contribution < 1.29 is 9.15 Å². The van der Waals surface area contributed by atoms with Gasteiger partial charge < -0.3 is 14.5 Å². The molecule has 2 aliphatic rings. The topological polar surface area (TPSA) is 60.2 Å². The van der Waals surface area contributed by atoms with Crippen LogP contribution in [-0.4, -0.2) is 22.8 Å². The molecule has 4 rings (SSSR count). The molecule has 5 heteroatoms. The normalized spacial score (nSPS) is 21.3. The van der Waals surface area contributed by atoms with Gasteiger partial charge in [0, 0.05) is 11.6 Å². The Morgan fingerprint density at radius 2 is 2.05 bits per heavy atom. The Labute approximate surface area is 117 Å². The highest BCUT2D eigenvalue weighted by molar-refractivity contribution is 5.40. The van der Waals surface area contributed by atoms with E-state index in [0.29, 0.717) is 31.0 Å². The zero-order chi connectivity index (χ0) is 13.4. The fourth-order valence-corrected chi connectivity index (χ4v) is 2.60. The molecule has 1 aliphatic heterocycles. The van der Waals surface area contributed by atoms with E-state index in [1.807, 2.05) is 18.2 Å². The van der Waals surface area contributed by atoms with Crippen LogP contribution in [0, 0.1) is 0 Å². The van der Waals surface area contributed by atoms with Crippen molar-refractivity contribution in [2.75, 3.05) is 6.61 Å². The average Bonchev–Trinajstić information content (AvgIpc) is 3.21. The van der Waals surface area contributed by atoms with E-state index in [4.69, 9.17) is 9.15 Å². The molecule has 1 saturated carbocycles. The van der Waals surface area contributed by atoms with Gasteiger partial charge >= 0.3 is 0 Å². The van der Waals surface area contributed by atoms with Crippen LogP contribution in [0.5, 0.6) is 5.75 Å². The Bertz CT molecular complexity index is 607. The molecule has 1 N–H and O–H groups in total. The van der Waals surface area contributed by atoms with Gasteiger partial charge in [0.15, 0.2) is 0 Å². The van der Waals surface area contributed by atoms with Crippen LogP contribution in [0.25, 0.3) is 0 Å². The van der Waals surface area contributed by atoms with Crippen molar-refractivity contribution in [3.05, 3.63) is 41.6 Å². The summed E-state index contributed by atoms with van der Waals surface area (Å²) in [4.78, 5) is 0. The molecule has 2 heterocycles. The molecular weight excluding hydrogens is 254 g/mol. The number of ether oxygens (including phenoxy) is 1. The lowest BCUT2D eigenvalue weighted by molar-refractivity contribution is 0.263. The predicted molar refractivity (Wildman–Crippen MR) is 72.6 cm³/mol. The molecule has 0 spiro atoms. The predicted octanol–water partition coefficient (Wildman–Crippen LogP) is 2.24. The molecule has 0 saturated heterocycles. The van der Waals surface area contributed by atoms with Gasteiger partial charge in [0.05, 0.1) is 19.1 Å². The largest absolute Gasteiger partial charge is 0.493 e. The summed E-state index contributed by atoms with van der Waals surface area (Å²) in [6.07, 6.45) is 3.40. The zero-order valence-electron chi connectivity index (χ0n) is 11.2. The first-order valence-electron chi connectivity index (χ1n) is 7.17. The maximum absolute atomic E-state index is 5.82. The third kappa shape index (κ3) is 2.29. The van der Waals surface area contributed by atoms with E-state index < -0.39 is 0 Å². The van der Waals surface area contributed by atoms with E-state index in [0.717, 1.165) is 17.7 Å². The van der Waals surface area contributed by atoms with Gasteiger partial charge in [0.25, 0.3) is 0 Å². The number of hydrogen-bond donors (Lipinski definition) is 1. The molecule has 1 aromatic heterocycles. The Morgan fingerprint density at radius 3 is 2.95 bits per heavy atom. The Hall–Kier alpha value is -1.88. The summed E-state index contributed by atoms with van der Waals surface area (Å²) in [5.41, 5.74) is 1.14. The molecule has 1 aliphatic carbocycles. The van der Waals surface area contributed by atoms with Crippen molar-refractivity contribution in [2.45, 2.75) is 37.8 Å². The third-order valence-electron chi connectivity index (χ3n) is 3.86. The molecular formula is C15H17N3O2. The minimum Gasteiger partial charge on any atom is -0.493 e. The highest BCUT2D eigenvalue weighted by atomic mass is 16.5. The number of aromatic nitrogens is 2. The SMILES string of the molecule is c1ccc2c(c1)OCCC2c1nnc(CNC2CC2)o1. The lowest BCUT2D eigenvalue weighted by atomic mass is 9.93. The molecule has 104 valence electrons. The van der Waals surface area contributed by atoms with Gasteiger partial charge in [-0.1, -0.05) is 18.2 Å². The van der Waals surface area contributed by atoms with Crippen molar-refractivity contribution in [1.82, 2.24) is 15.5 Å². The quantitative estimate of drug-likeness (QED) is 0.924. The van der Waals surface area contributed by atoms with Crippen LogP contribution in [-0.2, 0) is 6.54 Å². The Kier molecular flexibility index (Phi) is 2.92. The fraction of sp³-hybridized carbons (Fsp3) is 0.467. The molecule has 5 nitrogen and oxygen atoms in total. The first-order chi connectivity index (χ1) is 9.90. The van der Waals surface area contributed by atoms with E-state index in [-0.39, 0.29) is 5.92 Å². The maximum Gasteiger partial charge on any atom is 0.230 e. The first kappa shape index (κ1) is 11.9. The number of nitrogens with one attached hydrogen (secondary N) is 1. The summed E-state index contributed by atoms with van der Waals surface area (Å²) < 4.78 is 11.5. The van der Waals surface area contributed by atoms with Gasteiger partial charge in [-0.05, 0) is 25.3 Å². The van der Waals surface area contributed by atoms with E-state index in [1.165, 1.54) is 12.8 Å². The number of hydrogen-bond acceptors (Lipinski definition) is 5. The maximum atomic E-state index is 5.82. The summed E-state index contributed by atoms with van der Waals surface area (Å²) in [5.74, 6) is 2.46. The summed E-state index contributed by atoms with van der Waals surface area (Å²) >= 11 is 0. The number of benzene rings is 1. The van der Waals surface area contributed by atoms with Gasteiger partial charge in [0.2, 0.25) is 11.8 Å².